The molecule has 1 N–H and O–H groups in total. The summed E-state index contributed by atoms with van der Waals surface area (Å²) in [5, 5.41) is 4.49. The molecule has 3 aromatic carbocycles. The average Bonchev–Trinajstić information content (AvgIpc) is 3.03. The lowest BCUT2D eigenvalue weighted by Gasteiger charge is -2.24. The minimum Gasteiger partial charge on any atom is -0.336 e. The number of amides is 2. The van der Waals surface area contributed by atoms with Crippen molar-refractivity contribution in [1.82, 2.24) is 4.90 Å². The molecular weight excluding hydrogens is 532 g/mol. The maximum atomic E-state index is 13.5. The monoisotopic (exact) mass is 549 g/mol. The summed E-state index contributed by atoms with van der Waals surface area (Å²) in [7, 11) is 0. The van der Waals surface area contributed by atoms with E-state index in [2.05, 4.69) is 5.32 Å². The van der Waals surface area contributed by atoms with Gasteiger partial charge in [-0.2, -0.15) is 0 Å². The third-order valence-electron chi connectivity index (χ3n) is 5.53. The molecule has 0 bridgehead atoms. The molecule has 180 valence electrons. The predicted octanol–water partition coefficient (Wildman–Crippen LogP) is 6.36. The van der Waals surface area contributed by atoms with Gasteiger partial charge in [-0.05, 0) is 78.8 Å². The van der Waals surface area contributed by atoms with E-state index >= 15 is 0 Å². The molecule has 1 atom stereocenters. The lowest BCUT2D eigenvalue weighted by molar-refractivity contribution is -0.124. The largest absolute Gasteiger partial charge is 0.336 e. The van der Waals surface area contributed by atoms with Gasteiger partial charge in [-0.25, -0.2) is 4.39 Å². The van der Waals surface area contributed by atoms with Crippen LogP contribution in [0.25, 0.3) is 0 Å². The Morgan fingerprint density at radius 2 is 1.71 bits per heavy atom. The fourth-order valence-electron chi connectivity index (χ4n) is 3.83. The summed E-state index contributed by atoms with van der Waals surface area (Å²) in [6, 6.07) is 16.5. The zero-order chi connectivity index (χ0) is 25.1. The van der Waals surface area contributed by atoms with Crippen LogP contribution >= 0.6 is 47.0 Å². The highest BCUT2D eigenvalue weighted by atomic mass is 35.5. The zero-order valence-corrected chi connectivity index (χ0v) is 21.3. The second kappa shape index (κ2) is 10.9. The van der Waals surface area contributed by atoms with Crippen LogP contribution in [0.1, 0.15) is 12.0 Å². The fourth-order valence-corrected chi connectivity index (χ4v) is 4.94. The van der Waals surface area contributed by atoms with E-state index in [-0.39, 0.29) is 23.3 Å². The Morgan fingerprint density at radius 3 is 2.40 bits per heavy atom. The SMILES string of the molecule is O=C(C[C@H]1C(=O)N(c2ccc(F)cc2)C(=S)N1CCc1ccc(Cl)cc1Cl)Nc1cccc(Cl)c1. The molecule has 0 spiro atoms. The Labute approximate surface area is 222 Å². The van der Waals surface area contributed by atoms with E-state index in [0.717, 1.165) is 5.56 Å². The van der Waals surface area contributed by atoms with Crippen molar-refractivity contribution < 1.29 is 14.0 Å². The smallest absolute Gasteiger partial charge is 0.256 e. The number of nitrogens with one attached hydrogen (secondary N) is 1. The van der Waals surface area contributed by atoms with Gasteiger partial charge in [0.05, 0.1) is 12.1 Å². The summed E-state index contributed by atoms with van der Waals surface area (Å²) in [4.78, 5) is 29.3. The molecule has 10 heteroatoms. The van der Waals surface area contributed by atoms with Crippen molar-refractivity contribution >= 4 is 75.3 Å². The highest BCUT2D eigenvalue weighted by molar-refractivity contribution is 7.80. The molecule has 1 fully saturated rings. The molecule has 0 aromatic heterocycles. The van der Waals surface area contributed by atoms with E-state index in [4.69, 9.17) is 47.0 Å². The Morgan fingerprint density at radius 1 is 1.00 bits per heavy atom. The number of carbonyl (C=O) groups is 2. The maximum Gasteiger partial charge on any atom is 0.256 e. The van der Waals surface area contributed by atoms with E-state index < -0.39 is 11.9 Å². The molecule has 1 aliphatic heterocycles. The summed E-state index contributed by atoms with van der Waals surface area (Å²) in [6.45, 7) is 0.332. The Kier molecular flexibility index (Phi) is 7.91. The summed E-state index contributed by atoms with van der Waals surface area (Å²) in [5.74, 6) is -1.17. The van der Waals surface area contributed by atoms with E-state index in [1.807, 2.05) is 6.07 Å². The highest BCUT2D eigenvalue weighted by Crippen LogP contribution is 2.29. The minimum absolute atomic E-state index is 0.141. The molecule has 35 heavy (non-hydrogen) atoms. The van der Waals surface area contributed by atoms with Gasteiger partial charge >= 0.3 is 0 Å². The molecule has 2 amide bonds. The Bertz CT molecular complexity index is 1290. The molecule has 1 saturated heterocycles. The highest BCUT2D eigenvalue weighted by Gasteiger charge is 2.44. The zero-order valence-electron chi connectivity index (χ0n) is 18.2. The van der Waals surface area contributed by atoms with Gasteiger partial charge in [0.2, 0.25) is 5.91 Å². The van der Waals surface area contributed by atoms with Crippen molar-refractivity contribution in [3.63, 3.8) is 0 Å². The number of hydrogen-bond donors (Lipinski definition) is 1. The van der Waals surface area contributed by atoms with Gasteiger partial charge in [0.15, 0.2) is 5.11 Å². The first-order valence-electron chi connectivity index (χ1n) is 10.6. The standard InChI is InChI=1S/C25H19Cl3FN3O2S/c26-16-2-1-3-19(12-16)30-23(33)14-22-24(34)32(20-8-6-18(29)7-9-20)25(35)31(22)11-10-15-4-5-17(27)13-21(15)28/h1-9,12-13,22H,10-11,14H2,(H,30,33)/t22-/m0/s1. The van der Waals surface area contributed by atoms with Crippen LogP contribution in [0.2, 0.25) is 15.1 Å². The molecule has 0 unspecified atom stereocenters. The van der Waals surface area contributed by atoms with E-state index in [9.17, 15) is 14.0 Å². The lowest BCUT2D eigenvalue weighted by atomic mass is 10.1. The molecule has 0 radical (unpaired) electrons. The number of hydrogen-bond acceptors (Lipinski definition) is 3. The summed E-state index contributed by atoms with van der Waals surface area (Å²) in [5.41, 5.74) is 1.77. The predicted molar refractivity (Wildman–Crippen MR) is 142 cm³/mol. The number of rotatable bonds is 7. The summed E-state index contributed by atoms with van der Waals surface area (Å²) in [6.07, 6.45) is 0.324. The van der Waals surface area contributed by atoms with E-state index in [1.165, 1.54) is 29.2 Å². The average molecular weight is 551 g/mol. The third kappa shape index (κ3) is 5.93. The van der Waals surface area contributed by atoms with E-state index in [0.29, 0.717) is 39.4 Å². The molecule has 1 aliphatic rings. The van der Waals surface area contributed by atoms with Crippen LogP contribution in [-0.2, 0) is 16.0 Å². The molecule has 3 aromatic rings. The maximum absolute atomic E-state index is 13.5. The molecule has 4 rings (SSSR count). The number of halogens is 4. The number of nitrogens with zero attached hydrogens (tertiary/aromatic N) is 2. The van der Waals surface area contributed by atoms with Crippen molar-refractivity contribution in [1.29, 1.82) is 0 Å². The number of anilines is 2. The van der Waals surface area contributed by atoms with Gasteiger partial charge in [-0.15, -0.1) is 0 Å². The summed E-state index contributed by atoms with van der Waals surface area (Å²) >= 11 is 23.9. The topological polar surface area (TPSA) is 52.7 Å². The Balaban J connectivity index is 1.57. The van der Waals surface area contributed by atoms with Crippen LogP contribution in [0.5, 0.6) is 0 Å². The van der Waals surface area contributed by atoms with Gasteiger partial charge in [-0.3, -0.25) is 14.5 Å². The third-order valence-corrected chi connectivity index (χ3v) is 6.77. The number of thiocarbonyl (C=S) groups is 1. The Hall–Kier alpha value is -2.71. The molecule has 5 nitrogen and oxygen atoms in total. The first-order valence-corrected chi connectivity index (χ1v) is 12.2. The normalized spacial score (nSPS) is 15.6. The van der Waals surface area contributed by atoms with Crippen LogP contribution < -0.4 is 10.2 Å². The quantitative estimate of drug-likeness (QED) is 0.348. The molecule has 0 saturated carbocycles. The number of carbonyl (C=O) groups excluding carboxylic acids is 2. The van der Waals surface area contributed by atoms with Gasteiger partial charge in [0.25, 0.3) is 5.91 Å². The van der Waals surface area contributed by atoms with Gasteiger partial charge < -0.3 is 10.2 Å². The molecular formula is C25H19Cl3FN3O2S. The van der Waals surface area contributed by atoms with Crippen molar-refractivity contribution in [2.24, 2.45) is 0 Å². The van der Waals surface area contributed by atoms with Gasteiger partial charge in [-0.1, -0.05) is 46.9 Å². The van der Waals surface area contributed by atoms with Crippen LogP contribution in [0.4, 0.5) is 15.8 Å². The van der Waals surface area contributed by atoms with E-state index in [1.54, 1.807) is 41.3 Å². The van der Waals surface area contributed by atoms with Crippen LogP contribution in [0, 0.1) is 5.82 Å². The second-order valence-electron chi connectivity index (χ2n) is 7.89. The van der Waals surface area contributed by atoms with Crippen LogP contribution in [-0.4, -0.2) is 34.4 Å². The van der Waals surface area contributed by atoms with Crippen LogP contribution in [0.3, 0.4) is 0 Å². The van der Waals surface area contributed by atoms with Gasteiger partial charge in [0, 0.05) is 27.3 Å². The summed E-state index contributed by atoms with van der Waals surface area (Å²) < 4.78 is 13.5. The van der Waals surface area contributed by atoms with Crippen molar-refractivity contribution in [3.8, 4) is 0 Å². The van der Waals surface area contributed by atoms with Crippen molar-refractivity contribution in [3.05, 3.63) is 93.2 Å². The second-order valence-corrected chi connectivity index (χ2v) is 9.54. The fraction of sp³-hybridized carbons (Fsp3) is 0.160. The first kappa shape index (κ1) is 25.4. The van der Waals surface area contributed by atoms with Crippen molar-refractivity contribution in [2.75, 3.05) is 16.8 Å². The van der Waals surface area contributed by atoms with Gasteiger partial charge in [0.1, 0.15) is 11.9 Å². The number of benzene rings is 3. The molecule has 0 aliphatic carbocycles. The minimum atomic E-state index is -0.849. The van der Waals surface area contributed by atoms with Crippen molar-refractivity contribution in [2.45, 2.75) is 18.9 Å². The lowest BCUT2D eigenvalue weighted by Crippen LogP contribution is -2.39. The molecule has 1 heterocycles. The first-order chi connectivity index (χ1) is 16.7. The van der Waals surface area contributed by atoms with Crippen LogP contribution in [0.15, 0.2) is 66.7 Å².